The molecule has 0 amide bonds. The average Bonchev–Trinajstić information content (AvgIpc) is 2.37. The summed E-state index contributed by atoms with van der Waals surface area (Å²) in [6.45, 7) is 0. The smallest absolute Gasteiger partial charge is 0.373 e. The Hall–Kier alpha value is -1.53. The maximum absolute atomic E-state index is 12.8. The molecule has 0 saturated carbocycles. The third kappa shape index (κ3) is 3.13. The lowest BCUT2D eigenvalue weighted by atomic mass is 10.1. The molecule has 2 aromatic rings. The number of hydrogen-bond donors (Lipinski definition) is 1. The first-order valence-corrected chi connectivity index (χ1v) is 6.16. The van der Waals surface area contributed by atoms with Gasteiger partial charge in [-0.2, -0.15) is 13.2 Å². The largest absolute Gasteiger partial charge is 0.451 e. The maximum Gasteiger partial charge on any atom is 0.451 e. The van der Waals surface area contributed by atoms with E-state index in [1.54, 1.807) is 0 Å². The van der Waals surface area contributed by atoms with Gasteiger partial charge in [0.2, 0.25) is 5.82 Å². The monoisotopic (exact) mass is 321 g/mol. The average molecular weight is 322 g/mol. The number of nitrogens with zero attached hydrogens (tertiary/aromatic N) is 2. The van der Waals surface area contributed by atoms with Crippen LogP contribution in [-0.2, 0) is 6.18 Å². The molecule has 0 radical (unpaired) electrons. The predicted molar refractivity (Wildman–Crippen MR) is 72.0 cm³/mol. The van der Waals surface area contributed by atoms with Gasteiger partial charge in [-0.05, 0) is 18.2 Å². The molecule has 0 aliphatic carbocycles. The van der Waals surface area contributed by atoms with Gasteiger partial charge in [-0.3, -0.25) is 0 Å². The van der Waals surface area contributed by atoms with Crippen LogP contribution in [-0.4, -0.2) is 17.0 Å². The Morgan fingerprint density at radius 1 is 1.10 bits per heavy atom. The summed E-state index contributed by atoms with van der Waals surface area (Å²) in [5.74, 6) is -1.18. The molecule has 1 heterocycles. The fraction of sp³-hybridized carbons (Fsp3) is 0.167. The number of hydrogen-bond acceptors (Lipinski definition) is 3. The van der Waals surface area contributed by atoms with Crippen LogP contribution in [0, 0.1) is 0 Å². The van der Waals surface area contributed by atoms with E-state index in [-0.39, 0.29) is 16.5 Å². The van der Waals surface area contributed by atoms with Crippen molar-refractivity contribution in [3.63, 3.8) is 0 Å². The first-order chi connectivity index (χ1) is 9.31. The van der Waals surface area contributed by atoms with Gasteiger partial charge >= 0.3 is 6.18 Å². The first kappa shape index (κ1) is 14.9. The molecule has 0 unspecified atom stereocenters. The van der Waals surface area contributed by atoms with E-state index in [1.165, 1.54) is 31.3 Å². The number of nitrogens with one attached hydrogen (secondary N) is 1. The lowest BCUT2D eigenvalue weighted by Crippen LogP contribution is -2.13. The van der Waals surface area contributed by atoms with E-state index >= 15 is 0 Å². The van der Waals surface area contributed by atoms with E-state index < -0.39 is 12.0 Å². The van der Waals surface area contributed by atoms with Crippen molar-refractivity contribution in [1.82, 2.24) is 9.97 Å². The molecule has 1 N–H and O–H groups in total. The van der Waals surface area contributed by atoms with Gasteiger partial charge in [-0.15, -0.1) is 0 Å². The number of aromatic nitrogens is 2. The van der Waals surface area contributed by atoms with Crippen molar-refractivity contribution < 1.29 is 13.2 Å². The van der Waals surface area contributed by atoms with Gasteiger partial charge in [0.1, 0.15) is 5.82 Å². The van der Waals surface area contributed by atoms with Gasteiger partial charge in [-0.25, -0.2) is 9.97 Å². The molecule has 8 heteroatoms. The molecule has 1 aromatic carbocycles. The third-order valence-electron chi connectivity index (χ3n) is 2.44. The van der Waals surface area contributed by atoms with Crippen molar-refractivity contribution in [3.8, 4) is 11.3 Å². The predicted octanol–water partition coefficient (Wildman–Crippen LogP) is 4.51. The lowest BCUT2D eigenvalue weighted by molar-refractivity contribution is -0.144. The highest BCUT2D eigenvalue weighted by atomic mass is 35.5. The zero-order chi connectivity index (χ0) is 14.9. The van der Waals surface area contributed by atoms with Crippen LogP contribution in [0.3, 0.4) is 0 Å². The molecule has 0 fully saturated rings. The van der Waals surface area contributed by atoms with Crippen LogP contribution in [0.2, 0.25) is 10.0 Å². The van der Waals surface area contributed by atoms with Crippen molar-refractivity contribution in [1.29, 1.82) is 0 Å². The maximum atomic E-state index is 12.8. The van der Waals surface area contributed by atoms with Gasteiger partial charge in [-0.1, -0.05) is 23.2 Å². The zero-order valence-electron chi connectivity index (χ0n) is 10.1. The molecule has 20 heavy (non-hydrogen) atoms. The molecule has 2 rings (SSSR count). The minimum atomic E-state index is -4.64. The molecule has 106 valence electrons. The summed E-state index contributed by atoms with van der Waals surface area (Å²) < 4.78 is 38.3. The zero-order valence-corrected chi connectivity index (χ0v) is 11.6. The van der Waals surface area contributed by atoms with Crippen molar-refractivity contribution >= 4 is 29.0 Å². The van der Waals surface area contributed by atoms with Crippen molar-refractivity contribution in [2.45, 2.75) is 6.18 Å². The Morgan fingerprint density at radius 2 is 1.80 bits per heavy atom. The van der Waals surface area contributed by atoms with E-state index in [0.717, 1.165) is 0 Å². The summed E-state index contributed by atoms with van der Waals surface area (Å²) in [7, 11) is 1.47. The highest BCUT2D eigenvalue weighted by Gasteiger charge is 2.35. The van der Waals surface area contributed by atoms with Crippen LogP contribution in [0.15, 0.2) is 24.3 Å². The molecule has 1 aromatic heterocycles. The highest BCUT2D eigenvalue weighted by Crippen LogP contribution is 2.33. The molecule has 0 aliphatic rings. The van der Waals surface area contributed by atoms with Crippen LogP contribution in [0.4, 0.5) is 19.0 Å². The standard InChI is InChI=1S/C12H8Cl2F3N3/c1-18-10-5-9(19-11(20-10)12(15,16)17)7-3-2-6(13)4-8(7)14/h2-5H,1H3,(H,18,19,20). The Balaban J connectivity index is 2.61. The Labute approximate surface area is 122 Å². The minimum absolute atomic E-state index is 0.0494. The summed E-state index contributed by atoms with van der Waals surface area (Å²) in [6, 6.07) is 5.85. The number of benzene rings is 1. The minimum Gasteiger partial charge on any atom is -0.373 e. The molecule has 0 saturated heterocycles. The van der Waals surface area contributed by atoms with E-state index in [9.17, 15) is 13.2 Å². The van der Waals surface area contributed by atoms with Crippen molar-refractivity contribution in [2.75, 3.05) is 12.4 Å². The van der Waals surface area contributed by atoms with Gasteiger partial charge in [0, 0.05) is 23.7 Å². The number of anilines is 1. The van der Waals surface area contributed by atoms with Crippen LogP contribution in [0.5, 0.6) is 0 Å². The third-order valence-corrected chi connectivity index (χ3v) is 2.99. The fourth-order valence-electron chi connectivity index (χ4n) is 1.54. The molecular weight excluding hydrogens is 314 g/mol. The van der Waals surface area contributed by atoms with Crippen LogP contribution < -0.4 is 5.32 Å². The van der Waals surface area contributed by atoms with Crippen LogP contribution >= 0.6 is 23.2 Å². The fourth-order valence-corrected chi connectivity index (χ4v) is 2.04. The molecule has 0 aliphatic heterocycles. The molecule has 0 atom stereocenters. The van der Waals surface area contributed by atoms with E-state index in [1.807, 2.05) is 0 Å². The molecule has 3 nitrogen and oxygen atoms in total. The van der Waals surface area contributed by atoms with Gasteiger partial charge in [0.25, 0.3) is 0 Å². The molecule has 0 bridgehead atoms. The van der Waals surface area contributed by atoms with Gasteiger partial charge in [0.15, 0.2) is 0 Å². The van der Waals surface area contributed by atoms with Gasteiger partial charge in [0.05, 0.1) is 10.7 Å². The van der Waals surface area contributed by atoms with E-state index in [2.05, 4.69) is 15.3 Å². The SMILES string of the molecule is CNc1cc(-c2ccc(Cl)cc2Cl)nc(C(F)(F)F)n1. The highest BCUT2D eigenvalue weighted by molar-refractivity contribution is 6.36. The lowest BCUT2D eigenvalue weighted by Gasteiger charge is -2.11. The number of halogens is 5. The summed E-state index contributed by atoms with van der Waals surface area (Å²) in [5, 5.41) is 3.16. The second-order valence-corrected chi connectivity index (χ2v) is 4.68. The molecular formula is C12H8Cl2F3N3. The summed E-state index contributed by atoms with van der Waals surface area (Å²) in [6.07, 6.45) is -4.64. The second-order valence-electron chi connectivity index (χ2n) is 3.83. The van der Waals surface area contributed by atoms with Crippen LogP contribution in [0.25, 0.3) is 11.3 Å². The Kier molecular flexibility index (Phi) is 4.06. The van der Waals surface area contributed by atoms with Crippen molar-refractivity contribution in [3.05, 3.63) is 40.1 Å². The normalized spacial score (nSPS) is 11.5. The second kappa shape index (κ2) is 5.46. The quantitative estimate of drug-likeness (QED) is 0.884. The van der Waals surface area contributed by atoms with Gasteiger partial charge < -0.3 is 5.32 Å². The van der Waals surface area contributed by atoms with E-state index in [4.69, 9.17) is 23.2 Å². The van der Waals surface area contributed by atoms with Crippen molar-refractivity contribution in [2.24, 2.45) is 0 Å². The first-order valence-electron chi connectivity index (χ1n) is 5.40. The van der Waals surface area contributed by atoms with E-state index in [0.29, 0.717) is 10.6 Å². The topological polar surface area (TPSA) is 37.8 Å². The number of alkyl halides is 3. The summed E-state index contributed by atoms with van der Waals surface area (Å²) in [4.78, 5) is 6.89. The molecule has 0 spiro atoms. The van der Waals surface area contributed by atoms with Crippen LogP contribution in [0.1, 0.15) is 5.82 Å². The Bertz CT molecular complexity index is 644. The summed E-state index contributed by atoms with van der Waals surface area (Å²) >= 11 is 11.7. The summed E-state index contributed by atoms with van der Waals surface area (Å²) in [5.41, 5.74) is 0.416. The Morgan fingerprint density at radius 3 is 2.35 bits per heavy atom. The number of rotatable bonds is 2.